The van der Waals surface area contributed by atoms with Crippen molar-refractivity contribution in [3.05, 3.63) is 36.0 Å². The quantitative estimate of drug-likeness (QED) is 0.714. The summed E-state index contributed by atoms with van der Waals surface area (Å²) < 4.78 is 0. The maximum atomic E-state index is 3.55. The van der Waals surface area contributed by atoms with E-state index in [1.165, 1.54) is 29.4 Å². The van der Waals surface area contributed by atoms with Crippen molar-refractivity contribution in [2.45, 2.75) is 26.8 Å². The SMILES string of the molecule is CCN(CC)CCCNCc1cccc2[nH]ccc12. The maximum absolute atomic E-state index is 3.55. The second-order valence-corrected chi connectivity index (χ2v) is 4.91. The van der Waals surface area contributed by atoms with Gasteiger partial charge in [-0.15, -0.1) is 0 Å². The number of hydrogen-bond acceptors (Lipinski definition) is 2. The fourth-order valence-electron chi connectivity index (χ4n) is 2.50. The summed E-state index contributed by atoms with van der Waals surface area (Å²) in [6.45, 7) is 9.98. The van der Waals surface area contributed by atoms with Crippen molar-refractivity contribution in [1.82, 2.24) is 15.2 Å². The van der Waals surface area contributed by atoms with Crippen LogP contribution in [0.15, 0.2) is 30.5 Å². The lowest BCUT2D eigenvalue weighted by Gasteiger charge is -2.17. The lowest BCUT2D eigenvalue weighted by molar-refractivity contribution is 0.298. The van der Waals surface area contributed by atoms with Crippen molar-refractivity contribution in [2.24, 2.45) is 0 Å². The summed E-state index contributed by atoms with van der Waals surface area (Å²) in [6, 6.07) is 8.60. The average molecular weight is 259 g/mol. The van der Waals surface area contributed by atoms with Gasteiger partial charge in [0.05, 0.1) is 0 Å². The van der Waals surface area contributed by atoms with Crippen molar-refractivity contribution in [1.29, 1.82) is 0 Å². The Hall–Kier alpha value is -1.32. The Morgan fingerprint density at radius 1 is 1.16 bits per heavy atom. The van der Waals surface area contributed by atoms with Crippen molar-refractivity contribution in [3.63, 3.8) is 0 Å². The first kappa shape index (κ1) is 14.1. The van der Waals surface area contributed by atoms with Gasteiger partial charge < -0.3 is 15.2 Å². The summed E-state index contributed by atoms with van der Waals surface area (Å²) in [7, 11) is 0. The summed E-state index contributed by atoms with van der Waals surface area (Å²) in [6.07, 6.45) is 3.22. The number of H-pyrrole nitrogens is 1. The number of benzene rings is 1. The first-order valence-electron chi connectivity index (χ1n) is 7.33. The van der Waals surface area contributed by atoms with E-state index < -0.39 is 0 Å². The smallest absolute Gasteiger partial charge is 0.0457 e. The molecule has 0 atom stereocenters. The first-order chi connectivity index (χ1) is 9.35. The predicted octanol–water partition coefficient (Wildman–Crippen LogP) is 2.99. The highest BCUT2D eigenvalue weighted by Crippen LogP contribution is 2.16. The van der Waals surface area contributed by atoms with Gasteiger partial charge in [0.2, 0.25) is 0 Å². The standard InChI is InChI=1S/C16H25N3/c1-3-19(4-2)12-6-10-17-13-14-7-5-8-16-15(14)9-11-18-16/h5,7-9,11,17-18H,3-4,6,10,12-13H2,1-2H3. The van der Waals surface area contributed by atoms with Crippen molar-refractivity contribution in [2.75, 3.05) is 26.2 Å². The van der Waals surface area contributed by atoms with E-state index in [9.17, 15) is 0 Å². The zero-order valence-corrected chi connectivity index (χ0v) is 12.1. The molecule has 3 heteroatoms. The fourth-order valence-corrected chi connectivity index (χ4v) is 2.50. The minimum Gasteiger partial charge on any atom is -0.361 e. The summed E-state index contributed by atoms with van der Waals surface area (Å²) in [5, 5.41) is 4.88. The van der Waals surface area contributed by atoms with Crippen LogP contribution in [0.4, 0.5) is 0 Å². The van der Waals surface area contributed by atoms with E-state index in [4.69, 9.17) is 0 Å². The van der Waals surface area contributed by atoms with Crippen LogP contribution < -0.4 is 5.32 Å². The molecule has 2 rings (SSSR count). The topological polar surface area (TPSA) is 31.1 Å². The maximum Gasteiger partial charge on any atom is 0.0457 e. The summed E-state index contributed by atoms with van der Waals surface area (Å²) in [5.41, 5.74) is 2.60. The molecule has 0 fully saturated rings. The van der Waals surface area contributed by atoms with Gasteiger partial charge in [-0.25, -0.2) is 0 Å². The van der Waals surface area contributed by atoms with Crippen LogP contribution in [-0.4, -0.2) is 36.1 Å². The molecule has 0 saturated carbocycles. The molecule has 0 aliphatic rings. The zero-order valence-electron chi connectivity index (χ0n) is 12.1. The second kappa shape index (κ2) is 7.31. The van der Waals surface area contributed by atoms with Crippen molar-refractivity contribution in [3.8, 4) is 0 Å². The summed E-state index contributed by atoms with van der Waals surface area (Å²) in [4.78, 5) is 5.72. The van der Waals surface area contributed by atoms with Crippen LogP contribution in [0, 0.1) is 0 Å². The van der Waals surface area contributed by atoms with Gasteiger partial charge in [-0.1, -0.05) is 26.0 Å². The molecule has 3 nitrogen and oxygen atoms in total. The highest BCUT2D eigenvalue weighted by Gasteiger charge is 2.01. The molecule has 1 aromatic heterocycles. The fraction of sp³-hybridized carbons (Fsp3) is 0.500. The molecule has 0 saturated heterocycles. The average Bonchev–Trinajstić information content (AvgIpc) is 2.92. The Balaban J connectivity index is 1.75. The molecule has 1 aromatic carbocycles. The van der Waals surface area contributed by atoms with Crippen LogP contribution in [0.25, 0.3) is 10.9 Å². The van der Waals surface area contributed by atoms with Crippen molar-refractivity contribution >= 4 is 10.9 Å². The Kier molecular flexibility index (Phi) is 5.43. The van der Waals surface area contributed by atoms with Crippen molar-refractivity contribution < 1.29 is 0 Å². The van der Waals surface area contributed by atoms with Crippen LogP contribution >= 0.6 is 0 Å². The minimum absolute atomic E-state index is 0.952. The van der Waals surface area contributed by atoms with E-state index in [0.29, 0.717) is 0 Å². The number of nitrogens with zero attached hydrogens (tertiary/aromatic N) is 1. The van der Waals surface area contributed by atoms with Gasteiger partial charge in [0, 0.05) is 23.6 Å². The number of fused-ring (bicyclic) bond motifs is 1. The minimum atomic E-state index is 0.952. The highest BCUT2D eigenvalue weighted by molar-refractivity contribution is 5.82. The Morgan fingerprint density at radius 2 is 2.00 bits per heavy atom. The third-order valence-electron chi connectivity index (χ3n) is 3.72. The van der Waals surface area contributed by atoms with Crippen LogP contribution in [-0.2, 0) is 6.54 Å². The molecule has 0 bridgehead atoms. The number of aromatic amines is 1. The monoisotopic (exact) mass is 259 g/mol. The number of aromatic nitrogens is 1. The molecule has 0 spiro atoms. The van der Waals surface area contributed by atoms with Gasteiger partial charge in [0.1, 0.15) is 0 Å². The van der Waals surface area contributed by atoms with Gasteiger partial charge >= 0.3 is 0 Å². The second-order valence-electron chi connectivity index (χ2n) is 4.91. The van der Waals surface area contributed by atoms with Crippen LogP contribution in [0.3, 0.4) is 0 Å². The largest absolute Gasteiger partial charge is 0.361 e. The van der Waals surface area contributed by atoms with E-state index in [2.05, 4.69) is 53.3 Å². The normalized spacial score (nSPS) is 11.5. The molecule has 0 amide bonds. The van der Waals surface area contributed by atoms with E-state index >= 15 is 0 Å². The third-order valence-corrected chi connectivity index (χ3v) is 3.72. The van der Waals surface area contributed by atoms with Gasteiger partial charge in [-0.3, -0.25) is 0 Å². The molecular formula is C16H25N3. The molecule has 0 aliphatic heterocycles. The Bertz CT molecular complexity index is 485. The van der Waals surface area contributed by atoms with Crippen LogP contribution in [0.1, 0.15) is 25.8 Å². The van der Waals surface area contributed by atoms with E-state index in [1.807, 2.05) is 6.20 Å². The summed E-state index contributed by atoms with van der Waals surface area (Å²) in [5.74, 6) is 0. The summed E-state index contributed by atoms with van der Waals surface area (Å²) >= 11 is 0. The molecule has 2 N–H and O–H groups in total. The van der Waals surface area contributed by atoms with Gasteiger partial charge in [0.25, 0.3) is 0 Å². The molecular weight excluding hydrogens is 234 g/mol. The van der Waals surface area contributed by atoms with Gasteiger partial charge in [-0.2, -0.15) is 0 Å². The predicted molar refractivity (Wildman–Crippen MR) is 82.4 cm³/mol. The number of rotatable bonds is 8. The van der Waals surface area contributed by atoms with E-state index in [-0.39, 0.29) is 0 Å². The lowest BCUT2D eigenvalue weighted by Crippen LogP contribution is -2.27. The molecule has 0 unspecified atom stereocenters. The molecule has 0 radical (unpaired) electrons. The Morgan fingerprint density at radius 3 is 2.79 bits per heavy atom. The molecule has 19 heavy (non-hydrogen) atoms. The van der Waals surface area contributed by atoms with Gasteiger partial charge in [0.15, 0.2) is 0 Å². The molecule has 2 aromatic rings. The lowest BCUT2D eigenvalue weighted by atomic mass is 10.1. The zero-order chi connectivity index (χ0) is 13.5. The first-order valence-corrected chi connectivity index (χ1v) is 7.33. The number of nitrogens with one attached hydrogen (secondary N) is 2. The van der Waals surface area contributed by atoms with Crippen LogP contribution in [0.5, 0.6) is 0 Å². The van der Waals surface area contributed by atoms with E-state index in [0.717, 1.165) is 26.2 Å². The molecule has 0 aliphatic carbocycles. The molecule has 1 heterocycles. The highest BCUT2D eigenvalue weighted by atomic mass is 15.1. The number of hydrogen-bond donors (Lipinski definition) is 2. The molecule has 104 valence electrons. The van der Waals surface area contributed by atoms with Crippen LogP contribution in [0.2, 0.25) is 0 Å². The third kappa shape index (κ3) is 3.82. The van der Waals surface area contributed by atoms with Gasteiger partial charge in [-0.05, 0) is 50.3 Å². The van der Waals surface area contributed by atoms with E-state index in [1.54, 1.807) is 0 Å². The Labute approximate surface area is 116 Å².